The van der Waals surface area contributed by atoms with Crippen LogP contribution >= 0.6 is 11.8 Å². The SMILES string of the molecule is CC(C)(C)[C@@H](NCC(CN)CSC1CC(=O)N(CCC(=O)NCCCOCCOCCOCCCNC(=O)CCN2C(=O)C=CC2=O)C1=O)c1nc(-c2cc(F)ccc2F)cn1Cc1ccccc1.OCCO. The van der Waals surface area contributed by atoms with E-state index in [1.165, 1.54) is 23.9 Å². The van der Waals surface area contributed by atoms with E-state index in [0.29, 0.717) is 102 Å². The van der Waals surface area contributed by atoms with E-state index in [-0.39, 0.29) is 92.1 Å². The number of aromatic nitrogens is 2. The van der Waals surface area contributed by atoms with E-state index in [1.54, 1.807) is 6.20 Å². The Hall–Kier alpha value is -5.46. The number of halogens is 2. The van der Waals surface area contributed by atoms with Crippen LogP contribution in [0.25, 0.3) is 11.3 Å². The third-order valence-electron chi connectivity index (χ3n) is 11.5. The zero-order valence-corrected chi connectivity index (χ0v) is 42.8. The van der Waals surface area contributed by atoms with Crippen molar-refractivity contribution < 1.29 is 62.0 Å². The van der Waals surface area contributed by atoms with Crippen LogP contribution in [0.3, 0.4) is 0 Å². The molecule has 1 aromatic heterocycles. The third-order valence-corrected chi connectivity index (χ3v) is 12.9. The normalized spacial score (nSPS) is 15.5. The Morgan fingerprint density at radius 1 is 0.836 bits per heavy atom. The summed E-state index contributed by atoms with van der Waals surface area (Å²) in [4.78, 5) is 80.8. The maximum atomic E-state index is 15.0. The molecular formula is C51H72F2N8O11S. The van der Waals surface area contributed by atoms with Gasteiger partial charge in [-0.15, -0.1) is 11.8 Å². The average molecular weight is 1040 g/mol. The Bertz CT molecular complexity index is 2250. The van der Waals surface area contributed by atoms with Crippen LogP contribution in [-0.2, 0) is 49.5 Å². The van der Waals surface area contributed by atoms with E-state index in [9.17, 15) is 37.5 Å². The van der Waals surface area contributed by atoms with Crippen molar-refractivity contribution >= 4 is 47.2 Å². The second-order valence-electron chi connectivity index (χ2n) is 18.3. The maximum absolute atomic E-state index is 15.0. The van der Waals surface area contributed by atoms with Gasteiger partial charge in [-0.2, -0.15) is 0 Å². The molecule has 0 aliphatic carbocycles. The molecule has 2 aromatic carbocycles. The Kier molecular flexibility index (Phi) is 26.3. The molecule has 5 rings (SSSR count). The smallest absolute Gasteiger partial charge is 0.253 e. The van der Waals surface area contributed by atoms with Gasteiger partial charge in [0.05, 0.1) is 56.6 Å². The van der Waals surface area contributed by atoms with E-state index in [4.69, 9.17) is 35.1 Å². The molecule has 2 aliphatic rings. The number of imide groups is 2. The van der Waals surface area contributed by atoms with Gasteiger partial charge in [-0.25, -0.2) is 13.8 Å². The van der Waals surface area contributed by atoms with Crippen molar-refractivity contribution in [3.63, 3.8) is 0 Å². The quantitative estimate of drug-likeness (QED) is 0.0388. The first-order chi connectivity index (χ1) is 35.1. The number of ether oxygens (including phenoxy) is 3. The minimum absolute atomic E-state index is 0.00766. The average Bonchev–Trinajstić information content (AvgIpc) is 4.01. The van der Waals surface area contributed by atoms with Gasteiger partial charge in [0.15, 0.2) is 0 Å². The highest BCUT2D eigenvalue weighted by Gasteiger charge is 2.39. The summed E-state index contributed by atoms with van der Waals surface area (Å²) < 4.78 is 47.8. The number of rotatable bonds is 32. The van der Waals surface area contributed by atoms with Gasteiger partial charge < -0.3 is 50.7 Å². The number of thioether (sulfide) groups is 1. The molecule has 0 spiro atoms. The van der Waals surface area contributed by atoms with E-state index in [0.717, 1.165) is 33.6 Å². The fourth-order valence-corrected chi connectivity index (χ4v) is 8.83. The number of nitrogens with two attached hydrogens (primary N) is 1. The van der Waals surface area contributed by atoms with E-state index in [2.05, 4.69) is 36.7 Å². The summed E-state index contributed by atoms with van der Waals surface area (Å²) in [5, 5.41) is 23.9. The van der Waals surface area contributed by atoms with Gasteiger partial charge in [0.1, 0.15) is 17.5 Å². The first-order valence-corrected chi connectivity index (χ1v) is 25.6. The minimum atomic E-state index is -0.582. The number of amides is 6. The summed E-state index contributed by atoms with van der Waals surface area (Å²) in [5.41, 5.74) is 7.28. The molecule has 0 radical (unpaired) electrons. The Labute approximate surface area is 429 Å². The molecule has 3 aromatic rings. The van der Waals surface area contributed by atoms with Gasteiger partial charge in [-0.3, -0.25) is 38.6 Å². The molecular weight excluding hydrogens is 971 g/mol. The lowest BCUT2D eigenvalue weighted by Gasteiger charge is -2.33. The second-order valence-corrected chi connectivity index (χ2v) is 19.5. The number of nitrogens with zero attached hydrogens (tertiary/aromatic N) is 4. The molecule has 7 N–H and O–H groups in total. The van der Waals surface area contributed by atoms with Crippen LogP contribution in [0, 0.1) is 23.0 Å². The number of aliphatic hydroxyl groups excluding tert-OH is 2. The van der Waals surface area contributed by atoms with E-state index in [1.807, 2.05) is 34.9 Å². The van der Waals surface area contributed by atoms with Gasteiger partial charge in [0.25, 0.3) is 11.8 Å². The lowest BCUT2D eigenvalue weighted by Crippen LogP contribution is -2.40. The second kappa shape index (κ2) is 32.0. The zero-order valence-electron chi connectivity index (χ0n) is 42.0. The van der Waals surface area contributed by atoms with Gasteiger partial charge in [-0.1, -0.05) is 51.1 Å². The van der Waals surface area contributed by atoms with Crippen molar-refractivity contribution in [2.45, 2.75) is 70.7 Å². The fraction of sp³-hybridized carbons (Fsp3) is 0.549. The topological polar surface area (TPSA) is 257 Å². The van der Waals surface area contributed by atoms with Crippen molar-refractivity contribution in [1.29, 1.82) is 0 Å². The predicted molar refractivity (Wildman–Crippen MR) is 270 cm³/mol. The Morgan fingerprint density at radius 2 is 1.41 bits per heavy atom. The standard InChI is InChI=1S/C49H66F2N8O9S.C2H6O2/c1-49(2,3)46(47-56-39(37-27-36(50)11-12-38(37)51)32-57(47)31-34-9-5-4-6-10-34)55-30-35(29-52)33-69-40-28-45(64)59(48(40)65)20-16-42(61)54-18-8-22-67-24-26-68-25-23-66-21-7-17-53-41(60)15-19-58-43(62)13-14-44(58)63;3-1-2-4/h4-6,9-14,27,32,35,40,46,55H,7-8,15-26,28-31,33,52H2,1-3H3,(H,53,60)(H,54,61);3-4H,1-2H2/t35?,40?,46-;/m0./s1. The monoisotopic (exact) mass is 1040 g/mol. The van der Waals surface area contributed by atoms with Crippen LogP contribution in [0.5, 0.6) is 0 Å². The van der Waals surface area contributed by atoms with Crippen LogP contribution in [0.2, 0.25) is 0 Å². The maximum Gasteiger partial charge on any atom is 0.253 e. The summed E-state index contributed by atoms with van der Waals surface area (Å²) in [6.07, 6.45) is 5.36. The van der Waals surface area contributed by atoms with Gasteiger partial charge in [0, 0.05) is 95.7 Å². The van der Waals surface area contributed by atoms with Gasteiger partial charge >= 0.3 is 0 Å². The van der Waals surface area contributed by atoms with Crippen LogP contribution in [0.4, 0.5) is 8.78 Å². The highest BCUT2D eigenvalue weighted by atomic mass is 32.2. The zero-order chi connectivity index (χ0) is 53.2. The van der Waals surface area contributed by atoms with Crippen molar-refractivity contribution in [3.8, 4) is 11.3 Å². The first-order valence-electron chi connectivity index (χ1n) is 24.5. The van der Waals surface area contributed by atoms with Gasteiger partial charge in [-0.05, 0) is 60.2 Å². The van der Waals surface area contributed by atoms with E-state index < -0.39 is 28.7 Å². The van der Waals surface area contributed by atoms with Crippen molar-refractivity contribution in [1.82, 2.24) is 35.3 Å². The number of likely N-dealkylation sites (tertiary alicyclic amines) is 1. The predicted octanol–water partition coefficient (Wildman–Crippen LogP) is 2.73. The van der Waals surface area contributed by atoms with E-state index >= 15 is 0 Å². The number of benzene rings is 2. The number of imidazole rings is 1. The molecule has 0 saturated carbocycles. The highest BCUT2D eigenvalue weighted by molar-refractivity contribution is 8.00. The summed E-state index contributed by atoms with van der Waals surface area (Å²) in [6.45, 7) is 10.3. The van der Waals surface area contributed by atoms with Crippen LogP contribution in [0.1, 0.15) is 70.3 Å². The minimum Gasteiger partial charge on any atom is -0.394 e. The molecule has 2 aliphatic heterocycles. The number of carbonyl (C=O) groups excluding carboxylic acids is 6. The molecule has 6 amide bonds. The number of carbonyl (C=O) groups is 6. The molecule has 0 bridgehead atoms. The summed E-state index contributed by atoms with van der Waals surface area (Å²) in [6, 6.07) is 12.8. The lowest BCUT2D eigenvalue weighted by molar-refractivity contribution is -0.140. The molecule has 1 saturated heterocycles. The third kappa shape index (κ3) is 20.8. The Morgan fingerprint density at radius 3 is 1.97 bits per heavy atom. The molecule has 3 heterocycles. The van der Waals surface area contributed by atoms with Gasteiger partial charge in [0.2, 0.25) is 23.6 Å². The molecule has 3 atom stereocenters. The number of hydrogen-bond donors (Lipinski definition) is 6. The Balaban J connectivity index is 0.00000278. The summed E-state index contributed by atoms with van der Waals surface area (Å²) in [7, 11) is 0. The molecule has 19 nitrogen and oxygen atoms in total. The largest absolute Gasteiger partial charge is 0.394 e. The molecule has 22 heteroatoms. The number of nitrogens with one attached hydrogen (secondary N) is 3. The molecule has 1 fully saturated rings. The summed E-state index contributed by atoms with van der Waals surface area (Å²) >= 11 is 1.38. The number of aliphatic hydroxyl groups is 2. The highest BCUT2D eigenvalue weighted by Crippen LogP contribution is 2.35. The van der Waals surface area contributed by atoms with Crippen molar-refractivity contribution in [2.24, 2.45) is 17.1 Å². The summed E-state index contributed by atoms with van der Waals surface area (Å²) in [5.74, 6) is -2.04. The lowest BCUT2D eigenvalue weighted by atomic mass is 9.85. The first kappa shape index (κ1) is 60.1. The molecule has 2 unspecified atom stereocenters. The molecule has 402 valence electrons. The van der Waals surface area contributed by atoms with Crippen molar-refractivity contribution in [3.05, 3.63) is 89.9 Å². The molecule has 73 heavy (non-hydrogen) atoms. The number of hydrogen-bond acceptors (Lipinski definition) is 15. The van der Waals surface area contributed by atoms with Crippen molar-refractivity contribution in [2.75, 3.05) is 97.9 Å². The fourth-order valence-electron chi connectivity index (χ4n) is 7.54. The van der Waals surface area contributed by atoms with Crippen LogP contribution < -0.4 is 21.7 Å². The van der Waals surface area contributed by atoms with Crippen LogP contribution in [-0.4, -0.2) is 168 Å². The van der Waals surface area contributed by atoms with Crippen LogP contribution in [0.15, 0.2) is 66.9 Å².